The molecule has 2 aromatic carbocycles. The Morgan fingerprint density at radius 1 is 0.870 bits per heavy atom. The van der Waals surface area contributed by atoms with Gasteiger partial charge in [0.1, 0.15) is 23.4 Å². The van der Waals surface area contributed by atoms with Gasteiger partial charge in [-0.2, -0.15) is 0 Å². The maximum atomic E-state index is 6.20. The van der Waals surface area contributed by atoms with Crippen molar-refractivity contribution in [2.24, 2.45) is 0 Å². The van der Waals surface area contributed by atoms with Crippen LogP contribution in [-0.4, -0.2) is 27.9 Å². The monoisotopic (exact) mass is 314 g/mol. The van der Waals surface area contributed by atoms with Crippen molar-refractivity contribution < 1.29 is 23.7 Å². The van der Waals surface area contributed by atoms with E-state index in [1.807, 2.05) is 30.3 Å². The lowest BCUT2D eigenvalue weighted by atomic mass is 9.89. The Balaban J connectivity index is 1.76. The summed E-state index contributed by atoms with van der Waals surface area (Å²) in [6.45, 7) is 0.563. The van der Waals surface area contributed by atoms with Crippen LogP contribution in [0.5, 0.6) is 28.7 Å². The van der Waals surface area contributed by atoms with Crippen molar-refractivity contribution in [3.63, 3.8) is 0 Å². The van der Waals surface area contributed by atoms with E-state index in [1.54, 1.807) is 21.3 Å². The number of ether oxygens (including phenoxy) is 5. The molecule has 2 aliphatic heterocycles. The molecule has 0 spiro atoms. The zero-order chi connectivity index (χ0) is 16.0. The molecule has 120 valence electrons. The van der Waals surface area contributed by atoms with Crippen molar-refractivity contribution in [1.29, 1.82) is 0 Å². The Hall–Kier alpha value is -2.56. The second-order valence-electron chi connectivity index (χ2n) is 5.60. The highest BCUT2D eigenvalue weighted by molar-refractivity contribution is 5.57. The van der Waals surface area contributed by atoms with E-state index in [-0.39, 0.29) is 12.0 Å². The molecule has 5 nitrogen and oxygen atoms in total. The van der Waals surface area contributed by atoms with Gasteiger partial charge in [-0.1, -0.05) is 0 Å². The molecular weight excluding hydrogens is 296 g/mol. The molecule has 0 aliphatic carbocycles. The maximum Gasteiger partial charge on any atom is 0.164 e. The van der Waals surface area contributed by atoms with Gasteiger partial charge in [0.05, 0.1) is 33.9 Å². The van der Waals surface area contributed by atoms with Gasteiger partial charge < -0.3 is 23.7 Å². The van der Waals surface area contributed by atoms with Gasteiger partial charge in [-0.3, -0.25) is 0 Å². The van der Waals surface area contributed by atoms with Crippen LogP contribution < -0.4 is 23.7 Å². The van der Waals surface area contributed by atoms with Gasteiger partial charge >= 0.3 is 0 Å². The van der Waals surface area contributed by atoms with Crippen LogP contribution in [0.2, 0.25) is 0 Å². The molecule has 2 aromatic rings. The van der Waals surface area contributed by atoms with Crippen molar-refractivity contribution in [2.45, 2.75) is 12.0 Å². The number of benzene rings is 2. The Labute approximate surface area is 134 Å². The van der Waals surface area contributed by atoms with Crippen molar-refractivity contribution in [3.8, 4) is 28.7 Å². The maximum absolute atomic E-state index is 6.20. The molecule has 0 amide bonds. The van der Waals surface area contributed by atoms with Crippen molar-refractivity contribution >= 4 is 0 Å². The van der Waals surface area contributed by atoms with E-state index in [2.05, 4.69) is 0 Å². The third-order valence-corrected chi connectivity index (χ3v) is 4.48. The lowest BCUT2D eigenvalue weighted by Crippen LogP contribution is -2.23. The highest BCUT2D eigenvalue weighted by atomic mass is 16.5. The van der Waals surface area contributed by atoms with Crippen LogP contribution in [0.15, 0.2) is 30.3 Å². The van der Waals surface area contributed by atoms with Gasteiger partial charge in [0.2, 0.25) is 0 Å². The van der Waals surface area contributed by atoms with E-state index in [9.17, 15) is 0 Å². The topological polar surface area (TPSA) is 46.2 Å². The molecule has 2 heterocycles. The van der Waals surface area contributed by atoms with Crippen LogP contribution in [-0.2, 0) is 0 Å². The average molecular weight is 314 g/mol. The Morgan fingerprint density at radius 3 is 2.39 bits per heavy atom. The summed E-state index contributed by atoms with van der Waals surface area (Å²) in [4.78, 5) is 0. The summed E-state index contributed by atoms with van der Waals surface area (Å²) < 4.78 is 28.2. The Bertz CT molecular complexity index is 755. The fourth-order valence-electron chi connectivity index (χ4n) is 3.29. The predicted octanol–water partition coefficient (Wildman–Crippen LogP) is 3.32. The minimum absolute atomic E-state index is 0.0588. The molecule has 2 unspecified atom stereocenters. The quantitative estimate of drug-likeness (QED) is 0.869. The Kier molecular flexibility index (Phi) is 3.22. The summed E-state index contributed by atoms with van der Waals surface area (Å²) in [5, 5.41) is 0. The number of hydrogen-bond acceptors (Lipinski definition) is 5. The fourth-order valence-corrected chi connectivity index (χ4v) is 3.29. The highest BCUT2D eigenvalue weighted by Gasteiger charge is 2.41. The summed E-state index contributed by atoms with van der Waals surface area (Å²) >= 11 is 0. The van der Waals surface area contributed by atoms with Crippen LogP contribution >= 0.6 is 0 Å². The van der Waals surface area contributed by atoms with Gasteiger partial charge in [0.25, 0.3) is 0 Å². The molecule has 0 saturated carbocycles. The number of methoxy groups -OCH3 is 3. The van der Waals surface area contributed by atoms with E-state index in [4.69, 9.17) is 23.7 Å². The second-order valence-corrected chi connectivity index (χ2v) is 5.60. The molecule has 0 fully saturated rings. The van der Waals surface area contributed by atoms with Gasteiger partial charge in [-0.15, -0.1) is 0 Å². The molecule has 2 atom stereocenters. The number of hydrogen-bond donors (Lipinski definition) is 0. The first-order chi connectivity index (χ1) is 11.2. The summed E-state index contributed by atoms with van der Waals surface area (Å²) in [5.74, 6) is 3.94. The van der Waals surface area contributed by atoms with Crippen molar-refractivity contribution in [2.75, 3.05) is 27.9 Å². The summed E-state index contributed by atoms with van der Waals surface area (Å²) in [5.41, 5.74) is 2.13. The fraction of sp³-hybridized carbons (Fsp3) is 0.333. The van der Waals surface area contributed by atoms with Gasteiger partial charge in [-0.25, -0.2) is 0 Å². The van der Waals surface area contributed by atoms with E-state index in [1.165, 1.54) is 0 Å². The molecule has 0 N–H and O–H groups in total. The van der Waals surface area contributed by atoms with Gasteiger partial charge in [-0.05, 0) is 18.2 Å². The zero-order valence-electron chi connectivity index (χ0n) is 13.3. The lowest BCUT2D eigenvalue weighted by Gasteiger charge is -2.28. The van der Waals surface area contributed by atoms with Crippen molar-refractivity contribution in [1.82, 2.24) is 0 Å². The molecule has 0 saturated heterocycles. The molecule has 0 radical (unpaired) electrons. The summed E-state index contributed by atoms with van der Waals surface area (Å²) in [6, 6.07) is 9.70. The summed E-state index contributed by atoms with van der Waals surface area (Å²) in [7, 11) is 4.90. The van der Waals surface area contributed by atoms with Crippen LogP contribution in [0.1, 0.15) is 23.1 Å². The van der Waals surface area contributed by atoms with Crippen LogP contribution in [0, 0.1) is 0 Å². The molecule has 0 bridgehead atoms. The van der Waals surface area contributed by atoms with Crippen molar-refractivity contribution in [3.05, 3.63) is 41.5 Å². The largest absolute Gasteiger partial charge is 0.497 e. The number of rotatable bonds is 3. The normalized spacial score (nSPS) is 20.5. The highest BCUT2D eigenvalue weighted by Crippen LogP contribution is 2.53. The summed E-state index contributed by atoms with van der Waals surface area (Å²) in [6.07, 6.45) is -0.0588. The Morgan fingerprint density at radius 2 is 1.65 bits per heavy atom. The molecular formula is C18H18O5. The predicted molar refractivity (Wildman–Crippen MR) is 84.1 cm³/mol. The molecule has 23 heavy (non-hydrogen) atoms. The van der Waals surface area contributed by atoms with Crippen LogP contribution in [0.3, 0.4) is 0 Å². The number of fused-ring (bicyclic) bond motifs is 5. The minimum atomic E-state index is -0.0588. The lowest BCUT2D eigenvalue weighted by molar-refractivity contribution is 0.139. The van der Waals surface area contributed by atoms with Gasteiger partial charge in [0.15, 0.2) is 11.5 Å². The third-order valence-electron chi connectivity index (χ3n) is 4.48. The van der Waals surface area contributed by atoms with Gasteiger partial charge in [0, 0.05) is 23.3 Å². The molecule has 4 rings (SSSR count). The van der Waals surface area contributed by atoms with E-state index >= 15 is 0 Å². The molecule has 0 aromatic heterocycles. The van der Waals surface area contributed by atoms with E-state index < -0.39 is 0 Å². The minimum Gasteiger partial charge on any atom is -0.497 e. The average Bonchev–Trinajstić information content (AvgIpc) is 2.97. The molecule has 2 aliphatic rings. The molecule has 5 heteroatoms. The van der Waals surface area contributed by atoms with Crippen LogP contribution in [0.4, 0.5) is 0 Å². The SMILES string of the molecule is COc1ccc2c(c1)OCC1c3cc(OC)c(OC)cc3OC21. The first-order valence-electron chi connectivity index (χ1n) is 7.48. The van der Waals surface area contributed by atoms with E-state index in [0.29, 0.717) is 18.1 Å². The first kappa shape index (κ1) is 14.1. The third kappa shape index (κ3) is 2.07. The smallest absolute Gasteiger partial charge is 0.164 e. The first-order valence-corrected chi connectivity index (χ1v) is 7.48. The standard InChI is InChI=1S/C18H18O5/c1-19-10-4-5-11-14(6-10)22-9-13-12-7-16(20-2)17(21-3)8-15(12)23-18(11)13/h4-8,13,18H,9H2,1-3H3. The second kappa shape index (κ2) is 5.26. The van der Waals surface area contributed by atoms with E-state index in [0.717, 1.165) is 28.4 Å². The van der Waals surface area contributed by atoms with Crippen LogP contribution in [0.25, 0.3) is 0 Å². The zero-order valence-corrected chi connectivity index (χ0v) is 13.3.